The summed E-state index contributed by atoms with van der Waals surface area (Å²) in [5.41, 5.74) is 6.92. The molecule has 3 N–H and O–H groups in total. The van der Waals surface area contributed by atoms with Crippen LogP contribution in [0.2, 0.25) is 0 Å². The highest BCUT2D eigenvalue weighted by molar-refractivity contribution is 5.96. The fourth-order valence-electron chi connectivity index (χ4n) is 2.63. The van der Waals surface area contributed by atoms with E-state index in [1.54, 1.807) is 7.11 Å². The van der Waals surface area contributed by atoms with E-state index in [2.05, 4.69) is 21.4 Å². The minimum absolute atomic E-state index is 0.0563. The van der Waals surface area contributed by atoms with E-state index in [9.17, 15) is 4.79 Å². The van der Waals surface area contributed by atoms with Gasteiger partial charge in [-0.15, -0.1) is 0 Å². The first-order chi connectivity index (χ1) is 10.7. The van der Waals surface area contributed by atoms with Crippen LogP contribution in [-0.4, -0.2) is 29.5 Å². The second-order valence-electron chi connectivity index (χ2n) is 5.45. The number of carbonyl (C=O) groups is 1. The molecule has 1 heterocycles. The third-order valence-electron chi connectivity index (χ3n) is 4.06. The second kappa shape index (κ2) is 5.63. The Morgan fingerprint density at radius 2 is 2.05 bits per heavy atom. The number of aromatic nitrogens is 2. The van der Waals surface area contributed by atoms with Crippen LogP contribution in [0.25, 0.3) is 0 Å². The normalized spacial score (nSPS) is 15.1. The lowest BCUT2D eigenvalue weighted by atomic mass is 9.95. The molecular weight excluding hydrogens is 280 g/mol. The van der Waals surface area contributed by atoms with Gasteiger partial charge in [-0.1, -0.05) is 18.2 Å². The lowest BCUT2D eigenvalue weighted by molar-refractivity contribution is 0.0945. The number of hydrogen-bond acceptors (Lipinski definition) is 5. The maximum Gasteiger partial charge on any atom is 0.273 e. The molecule has 0 atom stereocenters. The maximum absolute atomic E-state index is 12.2. The molecular formula is C16H18N4O2. The van der Waals surface area contributed by atoms with Crippen molar-refractivity contribution in [1.82, 2.24) is 15.3 Å². The maximum atomic E-state index is 12.2. The van der Waals surface area contributed by atoms with Gasteiger partial charge in [-0.3, -0.25) is 4.79 Å². The van der Waals surface area contributed by atoms with E-state index in [0.29, 0.717) is 6.54 Å². The number of amides is 1. The van der Waals surface area contributed by atoms with Gasteiger partial charge in [0.1, 0.15) is 5.75 Å². The number of ether oxygens (including phenoxy) is 1. The molecule has 1 aromatic heterocycles. The Bertz CT molecular complexity index is 698. The van der Waals surface area contributed by atoms with E-state index in [1.165, 1.54) is 12.4 Å². The van der Waals surface area contributed by atoms with Gasteiger partial charge in [-0.25, -0.2) is 9.97 Å². The third kappa shape index (κ3) is 2.59. The van der Waals surface area contributed by atoms with Crippen molar-refractivity contribution in [3.8, 4) is 5.75 Å². The van der Waals surface area contributed by atoms with Gasteiger partial charge in [0, 0.05) is 29.9 Å². The largest absolute Gasteiger partial charge is 0.496 e. The van der Waals surface area contributed by atoms with Crippen molar-refractivity contribution in [3.05, 3.63) is 47.9 Å². The fourth-order valence-corrected chi connectivity index (χ4v) is 2.63. The van der Waals surface area contributed by atoms with Crippen molar-refractivity contribution in [2.24, 2.45) is 0 Å². The van der Waals surface area contributed by atoms with E-state index in [1.807, 2.05) is 18.2 Å². The Kier molecular flexibility index (Phi) is 3.66. The zero-order chi connectivity index (χ0) is 15.6. The van der Waals surface area contributed by atoms with Gasteiger partial charge in [-0.2, -0.15) is 0 Å². The monoisotopic (exact) mass is 298 g/mol. The molecule has 0 unspecified atom stereocenters. The number of nitrogen functional groups attached to an aromatic ring is 1. The van der Waals surface area contributed by atoms with Crippen molar-refractivity contribution < 1.29 is 9.53 Å². The Morgan fingerprint density at radius 3 is 2.73 bits per heavy atom. The third-order valence-corrected chi connectivity index (χ3v) is 4.06. The number of nitrogens with zero attached hydrogens (tertiary/aromatic N) is 2. The van der Waals surface area contributed by atoms with Gasteiger partial charge in [0.2, 0.25) is 0 Å². The van der Waals surface area contributed by atoms with Crippen LogP contribution in [0.1, 0.15) is 28.9 Å². The van der Waals surface area contributed by atoms with Crippen molar-refractivity contribution in [2.75, 3.05) is 19.4 Å². The molecule has 6 heteroatoms. The molecule has 1 aromatic carbocycles. The minimum atomic E-state index is -0.299. The predicted molar refractivity (Wildman–Crippen MR) is 82.7 cm³/mol. The first kappa shape index (κ1) is 14.3. The van der Waals surface area contributed by atoms with Gasteiger partial charge >= 0.3 is 0 Å². The number of rotatable bonds is 5. The number of nitrogens with one attached hydrogen (secondary N) is 1. The fraction of sp³-hybridized carbons (Fsp3) is 0.312. The average molecular weight is 298 g/mol. The summed E-state index contributed by atoms with van der Waals surface area (Å²) in [5.74, 6) is 0.696. The average Bonchev–Trinajstić information content (AvgIpc) is 3.34. The molecule has 0 aliphatic heterocycles. The van der Waals surface area contributed by atoms with E-state index >= 15 is 0 Å². The van der Waals surface area contributed by atoms with Crippen LogP contribution < -0.4 is 15.8 Å². The Hall–Kier alpha value is -2.63. The summed E-state index contributed by atoms with van der Waals surface area (Å²) >= 11 is 0. The SMILES string of the molecule is COc1ccccc1C1(CNC(=O)c2nccnc2N)CC1. The molecule has 1 aliphatic carbocycles. The Morgan fingerprint density at radius 1 is 1.32 bits per heavy atom. The zero-order valence-electron chi connectivity index (χ0n) is 12.4. The van der Waals surface area contributed by atoms with E-state index in [0.717, 1.165) is 24.2 Å². The molecule has 1 amide bonds. The van der Waals surface area contributed by atoms with Gasteiger partial charge in [0.15, 0.2) is 11.5 Å². The molecule has 2 aromatic rings. The van der Waals surface area contributed by atoms with Crippen LogP contribution in [0, 0.1) is 0 Å². The van der Waals surface area contributed by atoms with Crippen LogP contribution in [0.4, 0.5) is 5.82 Å². The summed E-state index contributed by atoms with van der Waals surface area (Å²) in [5, 5.41) is 2.92. The Balaban J connectivity index is 1.74. The molecule has 22 heavy (non-hydrogen) atoms. The summed E-state index contributed by atoms with van der Waals surface area (Å²) in [7, 11) is 1.66. The first-order valence-electron chi connectivity index (χ1n) is 7.14. The molecule has 1 aliphatic rings. The van der Waals surface area contributed by atoms with Crippen LogP contribution in [0.5, 0.6) is 5.75 Å². The molecule has 0 bridgehead atoms. The van der Waals surface area contributed by atoms with Crippen LogP contribution in [-0.2, 0) is 5.41 Å². The van der Waals surface area contributed by atoms with Crippen molar-refractivity contribution in [2.45, 2.75) is 18.3 Å². The summed E-state index contributed by atoms with van der Waals surface area (Å²) in [6, 6.07) is 7.92. The topological polar surface area (TPSA) is 90.1 Å². The molecule has 1 fully saturated rings. The predicted octanol–water partition coefficient (Wildman–Crippen LogP) is 1.53. The number of carbonyl (C=O) groups excluding carboxylic acids is 1. The summed E-state index contributed by atoms with van der Waals surface area (Å²) in [6.07, 6.45) is 4.95. The lowest BCUT2D eigenvalue weighted by Gasteiger charge is -2.19. The number of anilines is 1. The number of hydrogen-bond donors (Lipinski definition) is 2. The van der Waals surface area contributed by atoms with Crippen LogP contribution >= 0.6 is 0 Å². The van der Waals surface area contributed by atoms with Crippen LogP contribution in [0.3, 0.4) is 0 Å². The van der Waals surface area contributed by atoms with Gasteiger partial charge in [-0.05, 0) is 18.9 Å². The highest BCUT2D eigenvalue weighted by Crippen LogP contribution is 2.50. The van der Waals surface area contributed by atoms with Crippen molar-refractivity contribution in [3.63, 3.8) is 0 Å². The number of methoxy groups -OCH3 is 1. The van der Waals surface area contributed by atoms with E-state index < -0.39 is 0 Å². The van der Waals surface area contributed by atoms with Crippen molar-refractivity contribution in [1.29, 1.82) is 0 Å². The van der Waals surface area contributed by atoms with Crippen molar-refractivity contribution >= 4 is 11.7 Å². The summed E-state index contributed by atoms with van der Waals surface area (Å²) < 4.78 is 5.43. The van der Waals surface area contributed by atoms with Gasteiger partial charge < -0.3 is 15.8 Å². The Labute approximate surface area is 128 Å². The summed E-state index contributed by atoms with van der Waals surface area (Å²) in [6.45, 7) is 0.530. The minimum Gasteiger partial charge on any atom is -0.496 e. The van der Waals surface area contributed by atoms with E-state index in [-0.39, 0.29) is 22.8 Å². The van der Waals surface area contributed by atoms with Crippen LogP contribution in [0.15, 0.2) is 36.7 Å². The smallest absolute Gasteiger partial charge is 0.273 e. The summed E-state index contributed by atoms with van der Waals surface area (Å²) in [4.78, 5) is 20.1. The van der Waals surface area contributed by atoms with Gasteiger partial charge in [0.05, 0.1) is 7.11 Å². The quantitative estimate of drug-likeness (QED) is 0.873. The molecule has 0 radical (unpaired) electrons. The van der Waals surface area contributed by atoms with Gasteiger partial charge in [0.25, 0.3) is 5.91 Å². The molecule has 1 saturated carbocycles. The number of nitrogens with two attached hydrogens (primary N) is 1. The lowest BCUT2D eigenvalue weighted by Crippen LogP contribution is -2.33. The molecule has 0 saturated heterocycles. The standard InChI is InChI=1S/C16H18N4O2/c1-22-12-5-3-2-4-11(12)16(6-7-16)10-20-15(21)13-14(17)19-9-8-18-13/h2-5,8-9H,6-7,10H2,1H3,(H2,17,19)(H,20,21). The first-order valence-corrected chi connectivity index (χ1v) is 7.14. The number of benzene rings is 1. The molecule has 0 spiro atoms. The molecule has 114 valence electrons. The highest BCUT2D eigenvalue weighted by Gasteiger charge is 2.46. The second-order valence-corrected chi connectivity index (χ2v) is 5.45. The zero-order valence-corrected chi connectivity index (χ0v) is 12.4. The molecule has 3 rings (SSSR count). The molecule has 6 nitrogen and oxygen atoms in total. The van der Waals surface area contributed by atoms with E-state index in [4.69, 9.17) is 10.5 Å². The highest BCUT2D eigenvalue weighted by atomic mass is 16.5. The number of para-hydroxylation sites is 1.